The molecular weight excluding hydrogens is 607 g/mol. The number of nitrogens with zero attached hydrogens (tertiary/aromatic N) is 3. The van der Waals surface area contributed by atoms with E-state index < -0.39 is 5.41 Å². The zero-order valence-electron chi connectivity index (χ0n) is 26.9. The summed E-state index contributed by atoms with van der Waals surface area (Å²) in [6.07, 6.45) is 1.97. The summed E-state index contributed by atoms with van der Waals surface area (Å²) < 4.78 is 2.34. The van der Waals surface area contributed by atoms with Gasteiger partial charge < -0.3 is 0 Å². The number of rotatable bonds is 1. The highest BCUT2D eigenvalue weighted by Gasteiger charge is 2.51. The highest BCUT2D eigenvalue weighted by molar-refractivity contribution is 6.23. The van der Waals surface area contributed by atoms with Gasteiger partial charge in [-0.2, -0.15) is 0 Å². The van der Waals surface area contributed by atoms with E-state index >= 15 is 0 Å². The van der Waals surface area contributed by atoms with Crippen LogP contribution >= 0.6 is 0 Å². The Morgan fingerprint density at radius 3 is 1.52 bits per heavy atom. The molecule has 2 aromatic heterocycles. The lowest BCUT2D eigenvalue weighted by Crippen LogP contribution is -2.25. The summed E-state index contributed by atoms with van der Waals surface area (Å²) in [5.74, 6) is 0.820. The molecule has 0 bridgehead atoms. The molecule has 8 aromatic carbocycles. The van der Waals surface area contributed by atoms with Crippen molar-refractivity contribution < 1.29 is 0 Å². The fourth-order valence-electron chi connectivity index (χ4n) is 9.52. The average molecular weight is 634 g/mol. The van der Waals surface area contributed by atoms with Gasteiger partial charge in [-0.05, 0) is 73.5 Å². The molecule has 0 fully saturated rings. The van der Waals surface area contributed by atoms with Crippen LogP contribution in [0, 0.1) is 0 Å². The Morgan fingerprint density at radius 1 is 0.380 bits per heavy atom. The number of hydrogen-bond donors (Lipinski definition) is 0. The molecule has 230 valence electrons. The second-order valence-electron chi connectivity index (χ2n) is 13.7. The van der Waals surface area contributed by atoms with E-state index in [0.717, 1.165) is 38.7 Å². The first-order valence-corrected chi connectivity index (χ1v) is 17.3. The lowest BCUT2D eigenvalue weighted by molar-refractivity contribution is 0.794. The standard InChI is InChI=1S/C47H27N3/c1-3-19-34-28(13-1)29-14-2-4-20-35(29)46-45(34)48-27-44(49-46)50-42-24-12-8-18-33(42)37-25-36-32-17-7-11-23-40(32)47(41(36)26-43(37)50)38-21-9-5-15-30(38)31-16-6-10-22-39(31)47/h1-27H. The van der Waals surface area contributed by atoms with Crippen LogP contribution < -0.4 is 0 Å². The lowest BCUT2D eigenvalue weighted by Gasteiger charge is -2.30. The topological polar surface area (TPSA) is 30.7 Å². The van der Waals surface area contributed by atoms with Crippen LogP contribution in [0.4, 0.5) is 0 Å². The second-order valence-corrected chi connectivity index (χ2v) is 13.7. The molecular formula is C47H27N3. The van der Waals surface area contributed by atoms with Gasteiger partial charge >= 0.3 is 0 Å². The molecule has 3 nitrogen and oxygen atoms in total. The number of para-hydroxylation sites is 1. The van der Waals surface area contributed by atoms with Gasteiger partial charge in [-0.1, -0.05) is 140 Å². The molecule has 3 heteroatoms. The molecule has 0 radical (unpaired) electrons. The van der Waals surface area contributed by atoms with Crippen LogP contribution in [0.1, 0.15) is 22.3 Å². The smallest absolute Gasteiger partial charge is 0.156 e. The predicted molar refractivity (Wildman–Crippen MR) is 205 cm³/mol. The molecule has 0 aliphatic heterocycles. The second kappa shape index (κ2) is 9.31. The average Bonchev–Trinajstić information content (AvgIpc) is 3.78. The van der Waals surface area contributed by atoms with Gasteiger partial charge in [0.15, 0.2) is 5.82 Å². The molecule has 0 N–H and O–H groups in total. The zero-order chi connectivity index (χ0) is 32.6. The molecule has 2 aliphatic carbocycles. The van der Waals surface area contributed by atoms with Crippen molar-refractivity contribution in [1.82, 2.24) is 14.5 Å². The van der Waals surface area contributed by atoms with E-state index in [-0.39, 0.29) is 0 Å². The van der Waals surface area contributed by atoms with E-state index in [1.165, 1.54) is 66.1 Å². The molecule has 10 aromatic rings. The third-order valence-electron chi connectivity index (χ3n) is 11.4. The first-order chi connectivity index (χ1) is 24.8. The monoisotopic (exact) mass is 633 g/mol. The van der Waals surface area contributed by atoms with Gasteiger partial charge in [-0.25, -0.2) is 4.98 Å². The van der Waals surface area contributed by atoms with Crippen molar-refractivity contribution in [3.8, 4) is 28.1 Å². The van der Waals surface area contributed by atoms with Crippen molar-refractivity contribution in [2.24, 2.45) is 0 Å². The normalized spacial score (nSPS) is 13.8. The Kier molecular flexibility index (Phi) is 4.91. The maximum Gasteiger partial charge on any atom is 0.156 e. The molecule has 0 unspecified atom stereocenters. The van der Waals surface area contributed by atoms with Crippen molar-refractivity contribution in [2.75, 3.05) is 0 Å². The Hall–Kier alpha value is -6.58. The first-order valence-electron chi connectivity index (χ1n) is 17.3. The molecule has 0 atom stereocenters. The summed E-state index contributed by atoms with van der Waals surface area (Å²) in [5, 5.41) is 7.06. The molecule has 0 amide bonds. The van der Waals surface area contributed by atoms with Crippen molar-refractivity contribution in [3.63, 3.8) is 0 Å². The fraction of sp³-hybridized carbons (Fsp3) is 0.0213. The summed E-state index contributed by atoms with van der Waals surface area (Å²) >= 11 is 0. The van der Waals surface area contributed by atoms with Gasteiger partial charge in [0, 0.05) is 21.5 Å². The minimum Gasteiger partial charge on any atom is -0.292 e. The molecule has 0 saturated heterocycles. The van der Waals surface area contributed by atoms with Crippen molar-refractivity contribution in [2.45, 2.75) is 5.41 Å². The lowest BCUT2D eigenvalue weighted by atomic mass is 9.70. The van der Waals surface area contributed by atoms with Gasteiger partial charge in [0.1, 0.15) is 0 Å². The van der Waals surface area contributed by atoms with E-state index in [1.54, 1.807) is 0 Å². The molecule has 50 heavy (non-hydrogen) atoms. The maximum atomic E-state index is 5.49. The summed E-state index contributed by atoms with van der Waals surface area (Å²) in [6.45, 7) is 0. The quantitative estimate of drug-likeness (QED) is 0.168. The van der Waals surface area contributed by atoms with Crippen LogP contribution in [-0.2, 0) is 5.41 Å². The van der Waals surface area contributed by atoms with Crippen LogP contribution in [0.5, 0.6) is 0 Å². The van der Waals surface area contributed by atoms with E-state index in [2.05, 4.69) is 162 Å². The van der Waals surface area contributed by atoms with Crippen LogP contribution in [0.2, 0.25) is 0 Å². The van der Waals surface area contributed by atoms with E-state index in [9.17, 15) is 0 Å². The summed E-state index contributed by atoms with van der Waals surface area (Å²) in [6, 6.07) is 57.8. The maximum absolute atomic E-state index is 5.49. The van der Waals surface area contributed by atoms with Gasteiger partial charge in [0.25, 0.3) is 0 Å². The highest BCUT2D eigenvalue weighted by atomic mass is 15.1. The fourth-order valence-corrected chi connectivity index (χ4v) is 9.52. The molecule has 1 spiro atoms. The van der Waals surface area contributed by atoms with Crippen molar-refractivity contribution in [3.05, 3.63) is 186 Å². The van der Waals surface area contributed by atoms with Gasteiger partial charge in [0.05, 0.1) is 33.7 Å². The van der Waals surface area contributed by atoms with E-state index in [4.69, 9.17) is 9.97 Å². The van der Waals surface area contributed by atoms with Crippen LogP contribution in [0.25, 0.3) is 82.5 Å². The van der Waals surface area contributed by atoms with Crippen LogP contribution in [-0.4, -0.2) is 14.5 Å². The predicted octanol–water partition coefficient (Wildman–Crippen LogP) is 11.4. The van der Waals surface area contributed by atoms with Gasteiger partial charge in [-0.3, -0.25) is 9.55 Å². The van der Waals surface area contributed by atoms with Crippen molar-refractivity contribution in [1.29, 1.82) is 0 Å². The van der Waals surface area contributed by atoms with E-state index in [1.807, 2.05) is 6.20 Å². The molecule has 0 saturated carbocycles. The first kappa shape index (κ1) is 26.4. The molecule has 2 aliphatic rings. The highest BCUT2D eigenvalue weighted by Crippen LogP contribution is 2.63. The minimum absolute atomic E-state index is 0.418. The SMILES string of the molecule is c1ccc2c(c1)-c1ccccc1C21c2ccccc2-c2cc3c4ccccc4n(-c4cnc5c6ccccc6c6ccccc6c5n4)c3cc21. The Labute approximate surface area is 287 Å². The summed E-state index contributed by atoms with van der Waals surface area (Å²) in [5.41, 5.74) is 14.3. The number of aromatic nitrogens is 3. The minimum atomic E-state index is -0.418. The number of fused-ring (bicyclic) bond motifs is 19. The van der Waals surface area contributed by atoms with E-state index in [0.29, 0.717) is 0 Å². The zero-order valence-corrected chi connectivity index (χ0v) is 26.9. The third kappa shape index (κ3) is 3.07. The Balaban J connectivity index is 1.22. The Bertz CT molecular complexity index is 3030. The summed E-state index contributed by atoms with van der Waals surface area (Å²) in [7, 11) is 0. The van der Waals surface area contributed by atoms with Gasteiger partial charge in [-0.15, -0.1) is 0 Å². The Morgan fingerprint density at radius 2 is 0.880 bits per heavy atom. The van der Waals surface area contributed by atoms with Crippen molar-refractivity contribution >= 4 is 54.4 Å². The summed E-state index contributed by atoms with van der Waals surface area (Å²) in [4.78, 5) is 10.7. The largest absolute Gasteiger partial charge is 0.292 e. The third-order valence-corrected chi connectivity index (χ3v) is 11.4. The van der Waals surface area contributed by atoms with Crippen LogP contribution in [0.3, 0.4) is 0 Å². The number of benzene rings is 8. The molecule has 12 rings (SSSR count). The van der Waals surface area contributed by atoms with Crippen LogP contribution in [0.15, 0.2) is 164 Å². The molecule has 2 heterocycles. The van der Waals surface area contributed by atoms with Gasteiger partial charge in [0.2, 0.25) is 0 Å². The number of hydrogen-bond acceptors (Lipinski definition) is 2.